The number of rotatable bonds is 4. The van der Waals surface area contributed by atoms with Gasteiger partial charge in [0.1, 0.15) is 0 Å². The summed E-state index contributed by atoms with van der Waals surface area (Å²) in [6.45, 7) is 0. The van der Waals surface area contributed by atoms with E-state index < -0.39 is 0 Å². The molecule has 2 aliphatic heterocycles. The molecule has 2 fully saturated rings. The third kappa shape index (κ3) is 3.19. The molecule has 150 valence electrons. The topological polar surface area (TPSA) is 70.2 Å². The Labute approximate surface area is 175 Å². The highest BCUT2D eigenvalue weighted by atomic mass is 16.6. The minimum atomic E-state index is -0.341. The second-order valence-electron chi connectivity index (χ2n) is 8.54. The minimum absolute atomic E-state index is 0.147. The van der Waals surface area contributed by atoms with Crippen LogP contribution < -0.4 is 4.90 Å². The van der Waals surface area contributed by atoms with E-state index in [2.05, 4.69) is 23.1 Å². The zero-order valence-electron chi connectivity index (χ0n) is 16.7. The van der Waals surface area contributed by atoms with Crippen LogP contribution in [-0.2, 0) is 6.42 Å². The molecule has 2 unspecified atom stereocenters. The molecule has 5 rings (SSSR count). The molecule has 3 aromatic rings. The van der Waals surface area contributed by atoms with Crippen LogP contribution in [0, 0.1) is 27.4 Å². The Morgan fingerprint density at radius 2 is 1.63 bits per heavy atom. The van der Waals surface area contributed by atoms with Crippen molar-refractivity contribution in [3.05, 3.63) is 81.9 Å². The number of hydrogen-bond acceptors (Lipinski definition) is 4. The van der Waals surface area contributed by atoms with Crippen molar-refractivity contribution in [3.63, 3.8) is 0 Å². The van der Waals surface area contributed by atoms with E-state index in [4.69, 9.17) is 0 Å². The molecule has 3 aromatic carbocycles. The Kier molecular flexibility index (Phi) is 4.63. The van der Waals surface area contributed by atoms with Gasteiger partial charge < -0.3 is 4.90 Å². The number of non-ortho nitro benzene ring substituents is 1. The van der Waals surface area contributed by atoms with Crippen LogP contribution in [0.25, 0.3) is 10.8 Å². The predicted molar refractivity (Wildman–Crippen MR) is 117 cm³/mol. The first-order valence-electron chi connectivity index (χ1n) is 10.6. The largest absolute Gasteiger partial charge is 0.366 e. The van der Waals surface area contributed by atoms with E-state index in [-0.39, 0.29) is 10.6 Å². The zero-order chi connectivity index (χ0) is 20.7. The molecule has 2 bridgehead atoms. The molecule has 0 aromatic heterocycles. The molecule has 0 aliphatic carbocycles. The van der Waals surface area contributed by atoms with E-state index in [1.54, 1.807) is 12.1 Å². The number of nitriles is 1. The number of nitro groups is 1. The highest BCUT2D eigenvalue weighted by Crippen LogP contribution is 2.43. The molecule has 2 aliphatic rings. The maximum absolute atomic E-state index is 11.0. The Bertz CT molecular complexity index is 1140. The molecule has 5 nitrogen and oxygen atoms in total. The van der Waals surface area contributed by atoms with Gasteiger partial charge in [0.05, 0.1) is 16.6 Å². The van der Waals surface area contributed by atoms with Gasteiger partial charge in [-0.05, 0) is 72.6 Å². The summed E-state index contributed by atoms with van der Waals surface area (Å²) < 4.78 is 0. The molecule has 5 heteroatoms. The molecule has 0 spiro atoms. The van der Waals surface area contributed by atoms with Crippen LogP contribution in [0.3, 0.4) is 0 Å². The number of nitro benzene ring substituents is 1. The smallest absolute Gasteiger partial charge is 0.269 e. The van der Waals surface area contributed by atoms with Crippen molar-refractivity contribution >= 4 is 22.1 Å². The SMILES string of the molecule is N#Cc1ccc(CC2CC3CCC(C2)N3c2ccc([N+](=O)[O-])cc2)c2ccccc12. The summed E-state index contributed by atoms with van der Waals surface area (Å²) in [4.78, 5) is 13.1. The average Bonchev–Trinajstić information content (AvgIpc) is 3.04. The number of nitrogens with zero attached hydrogens (tertiary/aromatic N) is 3. The van der Waals surface area contributed by atoms with E-state index in [0.29, 0.717) is 18.0 Å². The van der Waals surface area contributed by atoms with Crippen molar-refractivity contribution in [1.82, 2.24) is 0 Å². The summed E-state index contributed by atoms with van der Waals surface area (Å²) in [5.74, 6) is 0.619. The fourth-order valence-corrected chi connectivity index (χ4v) is 5.57. The molecule has 0 saturated carbocycles. The molecular weight excluding hydrogens is 374 g/mol. The molecular formula is C25H23N3O2. The highest BCUT2D eigenvalue weighted by Gasteiger charge is 2.40. The molecule has 0 N–H and O–H groups in total. The van der Waals surface area contributed by atoms with Gasteiger partial charge in [-0.3, -0.25) is 10.1 Å². The average molecular weight is 397 g/mol. The number of anilines is 1. The first-order valence-corrected chi connectivity index (χ1v) is 10.6. The van der Waals surface area contributed by atoms with Gasteiger partial charge in [0, 0.05) is 29.9 Å². The maximum atomic E-state index is 11.0. The normalized spacial score (nSPS) is 22.8. The Morgan fingerprint density at radius 1 is 0.967 bits per heavy atom. The third-order valence-electron chi connectivity index (χ3n) is 6.83. The second-order valence-corrected chi connectivity index (χ2v) is 8.54. The van der Waals surface area contributed by atoms with Crippen LogP contribution in [0.1, 0.15) is 36.8 Å². The van der Waals surface area contributed by atoms with Gasteiger partial charge in [0.2, 0.25) is 0 Å². The second kappa shape index (κ2) is 7.46. The lowest BCUT2D eigenvalue weighted by molar-refractivity contribution is -0.384. The summed E-state index contributed by atoms with van der Waals surface area (Å²) in [5.41, 5.74) is 3.32. The van der Waals surface area contributed by atoms with E-state index in [1.165, 1.54) is 23.8 Å². The first-order chi connectivity index (χ1) is 14.6. The third-order valence-corrected chi connectivity index (χ3v) is 6.83. The summed E-state index contributed by atoms with van der Waals surface area (Å²) in [5, 5.41) is 22.6. The van der Waals surface area contributed by atoms with Gasteiger partial charge >= 0.3 is 0 Å². The predicted octanol–water partition coefficient (Wildman–Crippen LogP) is 5.61. The van der Waals surface area contributed by atoms with Crippen LogP contribution in [-0.4, -0.2) is 17.0 Å². The number of benzene rings is 3. The summed E-state index contributed by atoms with van der Waals surface area (Å²) in [6, 6.07) is 22.6. The first kappa shape index (κ1) is 18.6. The summed E-state index contributed by atoms with van der Waals surface area (Å²) >= 11 is 0. The number of fused-ring (bicyclic) bond motifs is 3. The van der Waals surface area contributed by atoms with E-state index in [1.807, 2.05) is 36.4 Å². The van der Waals surface area contributed by atoms with E-state index in [0.717, 1.165) is 35.9 Å². The molecule has 2 atom stereocenters. The number of hydrogen-bond donors (Lipinski definition) is 0. The lowest BCUT2D eigenvalue weighted by Crippen LogP contribution is -2.43. The van der Waals surface area contributed by atoms with Crippen LogP contribution in [0.4, 0.5) is 11.4 Å². The molecule has 0 radical (unpaired) electrons. The van der Waals surface area contributed by atoms with Gasteiger partial charge in [-0.15, -0.1) is 0 Å². The molecule has 30 heavy (non-hydrogen) atoms. The number of piperidine rings is 1. The van der Waals surface area contributed by atoms with E-state index in [9.17, 15) is 15.4 Å². The Hall–Kier alpha value is -3.39. The van der Waals surface area contributed by atoms with Crippen LogP contribution in [0.5, 0.6) is 0 Å². The van der Waals surface area contributed by atoms with E-state index >= 15 is 0 Å². The highest BCUT2D eigenvalue weighted by molar-refractivity contribution is 5.90. The lowest BCUT2D eigenvalue weighted by atomic mass is 9.84. The quantitative estimate of drug-likeness (QED) is 0.424. The Morgan fingerprint density at radius 3 is 2.27 bits per heavy atom. The van der Waals surface area contributed by atoms with Gasteiger partial charge in [-0.25, -0.2) is 0 Å². The zero-order valence-corrected chi connectivity index (χ0v) is 16.7. The van der Waals surface area contributed by atoms with Crippen LogP contribution in [0.15, 0.2) is 60.7 Å². The van der Waals surface area contributed by atoms with Gasteiger partial charge in [0.25, 0.3) is 5.69 Å². The van der Waals surface area contributed by atoms with Crippen molar-refractivity contribution in [2.75, 3.05) is 4.90 Å². The van der Waals surface area contributed by atoms with Crippen molar-refractivity contribution in [2.24, 2.45) is 5.92 Å². The molecule has 0 amide bonds. The van der Waals surface area contributed by atoms with Crippen molar-refractivity contribution < 1.29 is 4.92 Å². The minimum Gasteiger partial charge on any atom is -0.366 e. The van der Waals surface area contributed by atoms with Crippen molar-refractivity contribution in [2.45, 2.75) is 44.2 Å². The molecule has 2 saturated heterocycles. The molecule has 2 heterocycles. The van der Waals surface area contributed by atoms with Gasteiger partial charge in [-0.2, -0.15) is 5.26 Å². The standard InChI is InChI=1S/C25H23N3O2/c26-16-19-6-5-18(24-3-1-2-4-25(19)24)13-17-14-22-11-12-23(15-17)27(22)20-7-9-21(10-8-20)28(29)30/h1-10,17,22-23H,11-15H2. The fraction of sp³-hybridized carbons (Fsp3) is 0.320. The lowest BCUT2D eigenvalue weighted by Gasteiger charge is -2.41. The maximum Gasteiger partial charge on any atom is 0.269 e. The van der Waals surface area contributed by atoms with Crippen LogP contribution in [0.2, 0.25) is 0 Å². The van der Waals surface area contributed by atoms with Crippen molar-refractivity contribution in [1.29, 1.82) is 5.26 Å². The van der Waals surface area contributed by atoms with Gasteiger partial charge in [-0.1, -0.05) is 30.3 Å². The Balaban J connectivity index is 1.36. The fourth-order valence-electron chi connectivity index (χ4n) is 5.57. The summed E-state index contributed by atoms with van der Waals surface area (Å²) in [6.07, 6.45) is 5.69. The van der Waals surface area contributed by atoms with Crippen molar-refractivity contribution in [3.8, 4) is 6.07 Å². The monoisotopic (exact) mass is 397 g/mol. The van der Waals surface area contributed by atoms with Crippen LogP contribution >= 0.6 is 0 Å². The summed E-state index contributed by atoms with van der Waals surface area (Å²) in [7, 11) is 0. The van der Waals surface area contributed by atoms with Gasteiger partial charge in [0.15, 0.2) is 0 Å².